The highest BCUT2D eigenvalue weighted by Gasteiger charge is 2.54. The van der Waals surface area contributed by atoms with Crippen LogP contribution in [0.5, 0.6) is 0 Å². The van der Waals surface area contributed by atoms with Crippen LogP contribution < -0.4 is 5.73 Å². The predicted octanol–water partition coefficient (Wildman–Crippen LogP) is 0.504. The summed E-state index contributed by atoms with van der Waals surface area (Å²) in [5.41, 5.74) is 6.65. The van der Waals surface area contributed by atoms with Crippen LogP contribution in [0, 0.1) is 5.92 Å². The first-order chi connectivity index (χ1) is 7.19. The van der Waals surface area contributed by atoms with Crippen molar-refractivity contribution in [1.29, 1.82) is 0 Å². The fraction of sp³-hybridized carbons (Fsp3) is 1.00. The Labute approximate surface area is 92.6 Å². The van der Waals surface area contributed by atoms with Crippen molar-refractivity contribution >= 4 is 0 Å². The number of piperazine rings is 1. The lowest BCUT2D eigenvalue weighted by Gasteiger charge is -2.41. The molecule has 1 heterocycles. The zero-order valence-corrected chi connectivity index (χ0v) is 9.78. The summed E-state index contributed by atoms with van der Waals surface area (Å²) < 4.78 is 0. The smallest absolute Gasteiger partial charge is 0.0316 e. The minimum atomic E-state index is 0.205. The molecular weight excluding hydrogens is 186 g/mol. The molecule has 1 aliphatic heterocycles. The first-order valence-corrected chi connectivity index (χ1v) is 6.40. The Morgan fingerprint density at radius 3 is 2.20 bits per heavy atom. The van der Waals surface area contributed by atoms with E-state index in [-0.39, 0.29) is 5.54 Å². The highest BCUT2D eigenvalue weighted by atomic mass is 15.3. The quantitative estimate of drug-likeness (QED) is 0.735. The van der Waals surface area contributed by atoms with Crippen molar-refractivity contribution in [2.75, 3.05) is 33.2 Å². The molecule has 0 radical (unpaired) electrons. The summed E-state index contributed by atoms with van der Waals surface area (Å²) in [5.74, 6) is 0.931. The van der Waals surface area contributed by atoms with Crippen molar-refractivity contribution in [3.05, 3.63) is 0 Å². The minimum Gasteiger partial charge on any atom is -0.324 e. The lowest BCUT2D eigenvalue weighted by Crippen LogP contribution is -2.57. The third-order valence-electron chi connectivity index (χ3n) is 4.42. The monoisotopic (exact) mass is 209 g/mol. The van der Waals surface area contributed by atoms with Gasteiger partial charge in [-0.15, -0.1) is 0 Å². The van der Waals surface area contributed by atoms with Crippen LogP contribution in [-0.4, -0.2) is 54.6 Å². The van der Waals surface area contributed by atoms with Gasteiger partial charge in [0, 0.05) is 37.8 Å². The van der Waals surface area contributed by atoms with E-state index in [9.17, 15) is 0 Å². The SMILES string of the molecule is CN1CCN(C(C2CC2)C2(N)CC2)CC1. The van der Waals surface area contributed by atoms with Gasteiger partial charge in [0.2, 0.25) is 0 Å². The van der Waals surface area contributed by atoms with Gasteiger partial charge >= 0.3 is 0 Å². The lowest BCUT2D eigenvalue weighted by atomic mass is 9.99. The fourth-order valence-electron chi connectivity index (χ4n) is 3.08. The summed E-state index contributed by atoms with van der Waals surface area (Å²) in [7, 11) is 2.22. The molecule has 15 heavy (non-hydrogen) atoms. The molecule has 0 spiro atoms. The normalized spacial score (nSPS) is 34.0. The molecule has 3 aliphatic rings. The number of likely N-dealkylation sites (N-methyl/N-ethyl adjacent to an activating group) is 1. The van der Waals surface area contributed by atoms with E-state index < -0.39 is 0 Å². The van der Waals surface area contributed by atoms with Gasteiger partial charge in [-0.25, -0.2) is 0 Å². The maximum atomic E-state index is 6.44. The van der Waals surface area contributed by atoms with E-state index in [1.807, 2.05) is 0 Å². The van der Waals surface area contributed by atoms with Crippen LogP contribution in [0.3, 0.4) is 0 Å². The van der Waals surface area contributed by atoms with Gasteiger partial charge in [-0.05, 0) is 38.6 Å². The van der Waals surface area contributed by atoms with Gasteiger partial charge in [0.1, 0.15) is 0 Å². The van der Waals surface area contributed by atoms with Gasteiger partial charge in [0.25, 0.3) is 0 Å². The van der Waals surface area contributed by atoms with Crippen molar-refractivity contribution in [3.8, 4) is 0 Å². The van der Waals surface area contributed by atoms with Gasteiger partial charge in [-0.3, -0.25) is 4.90 Å². The number of hydrogen-bond acceptors (Lipinski definition) is 3. The number of rotatable bonds is 3. The largest absolute Gasteiger partial charge is 0.324 e. The summed E-state index contributed by atoms with van der Waals surface area (Å²) in [5, 5.41) is 0. The zero-order valence-electron chi connectivity index (χ0n) is 9.78. The Morgan fingerprint density at radius 1 is 1.13 bits per heavy atom. The Morgan fingerprint density at radius 2 is 1.73 bits per heavy atom. The molecular formula is C12H23N3. The summed E-state index contributed by atoms with van der Waals surface area (Å²) in [4.78, 5) is 5.11. The summed E-state index contributed by atoms with van der Waals surface area (Å²) in [6.07, 6.45) is 5.38. The second-order valence-corrected chi connectivity index (χ2v) is 5.85. The van der Waals surface area contributed by atoms with Crippen molar-refractivity contribution in [2.45, 2.75) is 37.3 Å². The molecule has 2 N–H and O–H groups in total. The first kappa shape index (κ1) is 10.1. The zero-order chi connectivity index (χ0) is 10.5. The van der Waals surface area contributed by atoms with Gasteiger partial charge in [0.15, 0.2) is 0 Å². The molecule has 0 aromatic rings. The van der Waals surface area contributed by atoms with E-state index in [1.165, 1.54) is 51.9 Å². The van der Waals surface area contributed by atoms with Crippen molar-refractivity contribution in [3.63, 3.8) is 0 Å². The van der Waals surface area contributed by atoms with Gasteiger partial charge in [-0.2, -0.15) is 0 Å². The van der Waals surface area contributed by atoms with E-state index >= 15 is 0 Å². The van der Waals surface area contributed by atoms with E-state index in [0.29, 0.717) is 6.04 Å². The maximum absolute atomic E-state index is 6.44. The molecule has 0 aromatic heterocycles. The average Bonchev–Trinajstić information content (AvgIpc) is 3.09. The Kier molecular flexibility index (Phi) is 2.31. The van der Waals surface area contributed by atoms with Crippen LogP contribution in [0.4, 0.5) is 0 Å². The van der Waals surface area contributed by atoms with E-state index in [1.54, 1.807) is 0 Å². The van der Waals surface area contributed by atoms with E-state index in [0.717, 1.165) is 5.92 Å². The van der Waals surface area contributed by atoms with Crippen molar-refractivity contribution in [2.24, 2.45) is 11.7 Å². The molecule has 2 aliphatic carbocycles. The third-order valence-corrected chi connectivity index (χ3v) is 4.42. The van der Waals surface area contributed by atoms with Gasteiger partial charge in [0.05, 0.1) is 0 Å². The fourth-order valence-corrected chi connectivity index (χ4v) is 3.08. The molecule has 3 fully saturated rings. The molecule has 3 rings (SSSR count). The number of nitrogens with zero attached hydrogens (tertiary/aromatic N) is 2. The summed E-state index contributed by atoms with van der Waals surface area (Å²) >= 11 is 0. The van der Waals surface area contributed by atoms with Crippen LogP contribution in [0.1, 0.15) is 25.7 Å². The molecule has 0 aromatic carbocycles. The second-order valence-electron chi connectivity index (χ2n) is 5.85. The predicted molar refractivity (Wildman–Crippen MR) is 61.7 cm³/mol. The minimum absolute atomic E-state index is 0.205. The van der Waals surface area contributed by atoms with Crippen molar-refractivity contribution in [1.82, 2.24) is 9.80 Å². The van der Waals surface area contributed by atoms with Crippen LogP contribution in [0.25, 0.3) is 0 Å². The topological polar surface area (TPSA) is 32.5 Å². The summed E-state index contributed by atoms with van der Waals surface area (Å²) in [6, 6.07) is 0.714. The van der Waals surface area contributed by atoms with Crippen LogP contribution in [0.15, 0.2) is 0 Å². The highest BCUT2D eigenvalue weighted by molar-refractivity contribution is 5.13. The Balaban J connectivity index is 1.67. The molecule has 3 nitrogen and oxygen atoms in total. The Hall–Kier alpha value is -0.120. The molecule has 1 saturated heterocycles. The van der Waals surface area contributed by atoms with Gasteiger partial charge < -0.3 is 10.6 Å². The maximum Gasteiger partial charge on any atom is 0.0316 e. The average molecular weight is 209 g/mol. The molecule has 1 atom stereocenters. The molecule has 2 saturated carbocycles. The molecule has 86 valence electrons. The van der Waals surface area contributed by atoms with Crippen LogP contribution in [-0.2, 0) is 0 Å². The molecule has 3 heteroatoms. The van der Waals surface area contributed by atoms with Crippen molar-refractivity contribution < 1.29 is 0 Å². The third kappa shape index (κ3) is 1.93. The molecule has 0 bridgehead atoms. The Bertz CT molecular complexity index is 237. The standard InChI is InChI=1S/C12H23N3/c1-14-6-8-15(9-7-14)11(10-2-3-10)12(13)4-5-12/h10-11H,2-9,13H2,1H3. The van der Waals surface area contributed by atoms with Crippen LogP contribution in [0.2, 0.25) is 0 Å². The highest BCUT2D eigenvalue weighted by Crippen LogP contribution is 2.48. The number of hydrogen-bond donors (Lipinski definition) is 1. The van der Waals surface area contributed by atoms with E-state index in [4.69, 9.17) is 5.73 Å². The van der Waals surface area contributed by atoms with Gasteiger partial charge in [-0.1, -0.05) is 0 Å². The second kappa shape index (κ2) is 3.44. The lowest BCUT2D eigenvalue weighted by molar-refractivity contribution is 0.0813. The molecule has 1 unspecified atom stereocenters. The van der Waals surface area contributed by atoms with E-state index in [2.05, 4.69) is 16.8 Å². The molecule has 0 amide bonds. The first-order valence-electron chi connectivity index (χ1n) is 6.40. The van der Waals surface area contributed by atoms with Crippen LogP contribution >= 0.6 is 0 Å². The summed E-state index contributed by atoms with van der Waals surface area (Å²) in [6.45, 7) is 4.91. The number of nitrogens with two attached hydrogens (primary N) is 1.